The second kappa shape index (κ2) is 3.45. The predicted molar refractivity (Wildman–Crippen MR) is 58.4 cm³/mol. The van der Waals surface area contributed by atoms with E-state index < -0.39 is 0 Å². The predicted octanol–water partition coefficient (Wildman–Crippen LogP) is 1.57. The number of carbonyl (C=O) groups is 1. The smallest absolute Gasteiger partial charge is 0.228 e. The van der Waals surface area contributed by atoms with Gasteiger partial charge in [0, 0.05) is 13.0 Å². The van der Waals surface area contributed by atoms with Crippen LogP contribution in [0.5, 0.6) is 0 Å². The van der Waals surface area contributed by atoms with Crippen molar-refractivity contribution in [2.45, 2.75) is 11.8 Å². The number of halogens is 1. The molecule has 1 aromatic heterocycles. The number of anilines is 1. The van der Waals surface area contributed by atoms with Gasteiger partial charge in [-0.2, -0.15) is 0 Å². The molecule has 1 saturated heterocycles. The number of hydrogen-bond acceptors (Lipinski definition) is 4. The standard InChI is InChI=1S/C10H8ClN3O2/c11-6-4-9(15)14(5-6)8-3-1-2-7-10(8)13-16-12-7/h1-3,6H,4-5H2. The molecule has 1 aromatic carbocycles. The number of aromatic nitrogens is 2. The van der Waals surface area contributed by atoms with Gasteiger partial charge >= 0.3 is 0 Å². The normalized spacial score (nSPS) is 20.9. The number of alkyl halides is 1. The average Bonchev–Trinajstić information content (AvgIpc) is 2.84. The maximum absolute atomic E-state index is 11.7. The number of amides is 1. The largest absolute Gasteiger partial charge is 0.309 e. The lowest BCUT2D eigenvalue weighted by Gasteiger charge is -2.15. The van der Waals surface area contributed by atoms with E-state index in [1.54, 1.807) is 11.0 Å². The van der Waals surface area contributed by atoms with Gasteiger partial charge in [0.1, 0.15) is 5.52 Å². The zero-order valence-corrected chi connectivity index (χ0v) is 9.02. The zero-order valence-electron chi connectivity index (χ0n) is 8.26. The van der Waals surface area contributed by atoms with E-state index in [0.29, 0.717) is 29.7 Å². The Kier molecular flexibility index (Phi) is 2.07. The molecule has 1 aliphatic rings. The van der Waals surface area contributed by atoms with Crippen molar-refractivity contribution in [1.82, 2.24) is 10.3 Å². The van der Waals surface area contributed by atoms with Crippen LogP contribution in [0, 0.1) is 0 Å². The molecule has 0 spiro atoms. The summed E-state index contributed by atoms with van der Waals surface area (Å²) < 4.78 is 4.66. The molecule has 0 aliphatic carbocycles. The Morgan fingerprint density at radius 3 is 3.06 bits per heavy atom. The molecule has 2 aromatic rings. The second-order valence-electron chi connectivity index (χ2n) is 3.71. The molecule has 2 heterocycles. The van der Waals surface area contributed by atoms with Gasteiger partial charge in [-0.3, -0.25) is 4.79 Å². The van der Waals surface area contributed by atoms with Crippen LogP contribution in [0.2, 0.25) is 0 Å². The lowest BCUT2D eigenvalue weighted by Crippen LogP contribution is -2.24. The number of carbonyl (C=O) groups excluding carboxylic acids is 1. The lowest BCUT2D eigenvalue weighted by molar-refractivity contribution is -0.117. The minimum Gasteiger partial charge on any atom is -0.309 e. The van der Waals surface area contributed by atoms with Crippen LogP contribution in [-0.2, 0) is 4.79 Å². The van der Waals surface area contributed by atoms with Crippen LogP contribution in [0.3, 0.4) is 0 Å². The Morgan fingerprint density at radius 2 is 2.31 bits per heavy atom. The summed E-state index contributed by atoms with van der Waals surface area (Å²) in [6, 6.07) is 5.42. The fourth-order valence-electron chi connectivity index (χ4n) is 1.91. The second-order valence-corrected chi connectivity index (χ2v) is 4.33. The van der Waals surface area contributed by atoms with Crippen molar-refractivity contribution in [3.8, 4) is 0 Å². The molecule has 0 N–H and O–H groups in total. The third-order valence-corrected chi connectivity index (χ3v) is 2.93. The van der Waals surface area contributed by atoms with Gasteiger partial charge in [0.25, 0.3) is 0 Å². The number of fused-ring (bicyclic) bond motifs is 1. The zero-order chi connectivity index (χ0) is 11.1. The maximum atomic E-state index is 11.7. The van der Waals surface area contributed by atoms with Gasteiger partial charge < -0.3 is 4.90 Å². The molecular weight excluding hydrogens is 230 g/mol. The first-order valence-electron chi connectivity index (χ1n) is 4.91. The van der Waals surface area contributed by atoms with Gasteiger partial charge in [-0.1, -0.05) is 6.07 Å². The van der Waals surface area contributed by atoms with Crippen LogP contribution < -0.4 is 4.90 Å². The SMILES string of the molecule is O=C1CC(Cl)CN1c1cccc2nonc12. The van der Waals surface area contributed by atoms with Gasteiger partial charge in [-0.05, 0) is 22.4 Å². The summed E-state index contributed by atoms with van der Waals surface area (Å²) in [6.07, 6.45) is 0.364. The summed E-state index contributed by atoms with van der Waals surface area (Å²) in [5.41, 5.74) is 1.96. The highest BCUT2D eigenvalue weighted by Gasteiger charge is 2.30. The van der Waals surface area contributed by atoms with Crippen molar-refractivity contribution in [3.05, 3.63) is 18.2 Å². The Hall–Kier alpha value is -1.62. The van der Waals surface area contributed by atoms with E-state index in [0.717, 1.165) is 0 Å². The number of benzene rings is 1. The molecular formula is C10H8ClN3O2. The van der Waals surface area contributed by atoms with E-state index in [9.17, 15) is 4.79 Å². The Morgan fingerprint density at radius 1 is 1.44 bits per heavy atom. The Labute approximate surface area is 95.9 Å². The molecule has 1 atom stereocenters. The molecule has 1 unspecified atom stereocenters. The number of hydrogen-bond donors (Lipinski definition) is 0. The average molecular weight is 238 g/mol. The summed E-state index contributed by atoms with van der Waals surface area (Å²) >= 11 is 5.95. The van der Waals surface area contributed by atoms with E-state index >= 15 is 0 Å². The van der Waals surface area contributed by atoms with Gasteiger partial charge in [-0.15, -0.1) is 11.6 Å². The Balaban J connectivity index is 2.12. The van der Waals surface area contributed by atoms with Crippen LogP contribution >= 0.6 is 11.6 Å². The first-order valence-corrected chi connectivity index (χ1v) is 5.35. The summed E-state index contributed by atoms with van der Waals surface area (Å²) in [7, 11) is 0. The molecule has 0 bridgehead atoms. The molecule has 3 rings (SSSR count). The lowest BCUT2D eigenvalue weighted by atomic mass is 10.2. The van der Waals surface area contributed by atoms with Gasteiger partial charge in [-0.25, -0.2) is 4.63 Å². The van der Waals surface area contributed by atoms with E-state index in [2.05, 4.69) is 14.9 Å². The van der Waals surface area contributed by atoms with Crippen molar-refractivity contribution in [2.75, 3.05) is 11.4 Å². The van der Waals surface area contributed by atoms with Crippen molar-refractivity contribution in [2.24, 2.45) is 0 Å². The van der Waals surface area contributed by atoms with Crippen molar-refractivity contribution >= 4 is 34.2 Å². The van der Waals surface area contributed by atoms with Crippen LogP contribution in [-0.4, -0.2) is 28.1 Å². The van der Waals surface area contributed by atoms with Crippen LogP contribution in [0.25, 0.3) is 11.0 Å². The molecule has 0 radical (unpaired) electrons. The van der Waals surface area contributed by atoms with E-state index in [1.165, 1.54) is 0 Å². The van der Waals surface area contributed by atoms with Crippen LogP contribution in [0.1, 0.15) is 6.42 Å². The minimum absolute atomic E-state index is 0.00972. The first-order chi connectivity index (χ1) is 7.75. The van der Waals surface area contributed by atoms with Gasteiger partial charge in [0.15, 0.2) is 5.52 Å². The third-order valence-electron chi connectivity index (χ3n) is 2.63. The monoisotopic (exact) mass is 237 g/mol. The third kappa shape index (κ3) is 1.36. The maximum Gasteiger partial charge on any atom is 0.228 e. The quantitative estimate of drug-likeness (QED) is 0.707. The van der Waals surface area contributed by atoms with Gasteiger partial charge in [0.05, 0.1) is 11.1 Å². The van der Waals surface area contributed by atoms with Crippen LogP contribution in [0.4, 0.5) is 5.69 Å². The minimum atomic E-state index is -0.136. The highest BCUT2D eigenvalue weighted by atomic mass is 35.5. The molecule has 6 heteroatoms. The van der Waals surface area contributed by atoms with Crippen molar-refractivity contribution in [3.63, 3.8) is 0 Å². The molecule has 1 amide bonds. The highest BCUT2D eigenvalue weighted by molar-refractivity contribution is 6.24. The Bertz CT molecular complexity index is 554. The summed E-state index contributed by atoms with van der Waals surface area (Å²) in [5.74, 6) is 0.00972. The topological polar surface area (TPSA) is 59.2 Å². The molecule has 0 saturated carbocycles. The van der Waals surface area contributed by atoms with E-state index in [-0.39, 0.29) is 11.3 Å². The van der Waals surface area contributed by atoms with Crippen LogP contribution in [0.15, 0.2) is 22.8 Å². The van der Waals surface area contributed by atoms with Gasteiger partial charge in [0.2, 0.25) is 5.91 Å². The number of rotatable bonds is 1. The highest BCUT2D eigenvalue weighted by Crippen LogP contribution is 2.29. The summed E-state index contributed by atoms with van der Waals surface area (Å²) in [5, 5.41) is 7.40. The molecule has 16 heavy (non-hydrogen) atoms. The molecule has 82 valence electrons. The molecule has 1 aliphatic heterocycles. The summed E-state index contributed by atoms with van der Waals surface area (Å²) in [6.45, 7) is 0.506. The first kappa shape index (κ1) is 9.59. The fourth-order valence-corrected chi connectivity index (χ4v) is 2.18. The fraction of sp³-hybridized carbons (Fsp3) is 0.300. The molecule has 5 nitrogen and oxygen atoms in total. The van der Waals surface area contributed by atoms with E-state index in [1.807, 2.05) is 12.1 Å². The summed E-state index contributed by atoms with van der Waals surface area (Å²) in [4.78, 5) is 13.3. The van der Waals surface area contributed by atoms with E-state index in [4.69, 9.17) is 11.6 Å². The van der Waals surface area contributed by atoms with Crippen molar-refractivity contribution < 1.29 is 9.42 Å². The van der Waals surface area contributed by atoms with Crippen molar-refractivity contribution in [1.29, 1.82) is 0 Å². The number of nitrogens with zero attached hydrogens (tertiary/aromatic N) is 3. The molecule has 1 fully saturated rings.